The highest BCUT2D eigenvalue weighted by Gasteiger charge is 2.58. The van der Waals surface area contributed by atoms with Crippen LogP contribution in [0.1, 0.15) is 71.6 Å². The Bertz CT molecular complexity index is 1080. The van der Waals surface area contributed by atoms with Gasteiger partial charge in [0.05, 0.1) is 10.6 Å². The van der Waals surface area contributed by atoms with E-state index in [9.17, 15) is 9.90 Å². The van der Waals surface area contributed by atoms with Gasteiger partial charge in [-0.3, -0.25) is 4.79 Å². The molecule has 2 aromatic heterocycles. The standard InChI is InChI=1S/C26H35ClN4O2/c1-25(33)9-7-17-15(12-25)3-4-19-18(17)8-10-26(2)20(19)5-6-21(26)23(32)14-31-24-22(29-30-31)11-16(27)13-28-24/h11,13,15,17-21,33H,3-10,12,14H2,1-2H3. The molecule has 8 unspecified atom stereocenters. The van der Waals surface area contributed by atoms with Gasteiger partial charge in [0.15, 0.2) is 11.4 Å². The van der Waals surface area contributed by atoms with Crippen LogP contribution in [0.25, 0.3) is 11.2 Å². The summed E-state index contributed by atoms with van der Waals surface area (Å²) in [6, 6.07) is 1.74. The minimum absolute atomic E-state index is 0.0956. The van der Waals surface area contributed by atoms with Gasteiger partial charge in [0.2, 0.25) is 0 Å². The monoisotopic (exact) mass is 470 g/mol. The molecular weight excluding hydrogens is 436 g/mol. The Labute approximate surface area is 200 Å². The molecule has 0 amide bonds. The van der Waals surface area contributed by atoms with Crippen LogP contribution in [0.3, 0.4) is 0 Å². The van der Waals surface area contributed by atoms with Crippen LogP contribution < -0.4 is 0 Å². The Hall–Kier alpha value is -1.53. The molecule has 0 aromatic carbocycles. The number of carbonyl (C=O) groups is 1. The fourth-order valence-corrected chi connectivity index (χ4v) is 8.97. The van der Waals surface area contributed by atoms with E-state index in [0.717, 1.165) is 43.4 Å². The number of halogens is 1. The molecule has 4 fully saturated rings. The molecule has 0 spiro atoms. The largest absolute Gasteiger partial charge is 0.390 e. The lowest BCUT2D eigenvalue weighted by atomic mass is 9.49. The molecule has 0 saturated heterocycles. The number of rotatable bonds is 3. The summed E-state index contributed by atoms with van der Waals surface area (Å²) in [7, 11) is 0. The fraction of sp³-hybridized carbons (Fsp3) is 0.769. The Morgan fingerprint density at radius 1 is 1.12 bits per heavy atom. The maximum absolute atomic E-state index is 13.6. The first-order valence-electron chi connectivity index (χ1n) is 12.8. The van der Waals surface area contributed by atoms with E-state index < -0.39 is 5.60 Å². The average molecular weight is 471 g/mol. The number of fused-ring (bicyclic) bond motifs is 6. The first-order valence-corrected chi connectivity index (χ1v) is 13.2. The Morgan fingerprint density at radius 2 is 1.94 bits per heavy atom. The molecule has 1 N–H and O–H groups in total. The lowest BCUT2D eigenvalue weighted by Crippen LogP contribution is -2.51. The third-order valence-electron chi connectivity index (χ3n) is 10.3. The number of aromatic nitrogens is 4. The van der Waals surface area contributed by atoms with Crippen LogP contribution in [0.4, 0.5) is 0 Å². The molecule has 2 heterocycles. The number of hydrogen-bond donors (Lipinski definition) is 1. The van der Waals surface area contributed by atoms with Gasteiger partial charge in [-0.1, -0.05) is 23.7 Å². The third kappa shape index (κ3) is 3.54. The van der Waals surface area contributed by atoms with Gasteiger partial charge in [0.25, 0.3) is 0 Å². The van der Waals surface area contributed by atoms with Gasteiger partial charge in [0, 0.05) is 12.1 Å². The number of carbonyl (C=O) groups excluding carboxylic acids is 1. The molecule has 6 rings (SSSR count). The number of aliphatic hydroxyl groups is 1. The Kier molecular flexibility index (Phi) is 5.15. The second-order valence-electron chi connectivity index (χ2n) is 12.1. The van der Waals surface area contributed by atoms with Gasteiger partial charge in [-0.2, -0.15) is 0 Å². The van der Waals surface area contributed by atoms with Crippen molar-refractivity contribution in [1.82, 2.24) is 20.0 Å². The molecule has 0 radical (unpaired) electrons. The van der Waals surface area contributed by atoms with E-state index in [1.54, 1.807) is 16.9 Å². The number of pyridine rings is 1. The van der Waals surface area contributed by atoms with Crippen LogP contribution in [0.5, 0.6) is 0 Å². The predicted octanol–water partition coefficient (Wildman–Crippen LogP) is 5.07. The van der Waals surface area contributed by atoms with Gasteiger partial charge < -0.3 is 5.11 Å². The van der Waals surface area contributed by atoms with Crippen molar-refractivity contribution >= 4 is 28.5 Å². The molecule has 4 saturated carbocycles. The summed E-state index contributed by atoms with van der Waals surface area (Å²) in [4.78, 5) is 17.9. The topological polar surface area (TPSA) is 80.9 Å². The maximum Gasteiger partial charge on any atom is 0.178 e. The van der Waals surface area contributed by atoms with Crippen LogP contribution in [0.2, 0.25) is 5.02 Å². The van der Waals surface area contributed by atoms with Crippen LogP contribution in [0.15, 0.2) is 12.3 Å². The molecule has 6 nitrogen and oxygen atoms in total. The van der Waals surface area contributed by atoms with Crippen LogP contribution in [-0.2, 0) is 11.3 Å². The van der Waals surface area contributed by atoms with Crippen molar-refractivity contribution in [3.63, 3.8) is 0 Å². The summed E-state index contributed by atoms with van der Waals surface area (Å²) in [5, 5.41) is 19.5. The molecular formula is C26H35ClN4O2. The fourth-order valence-electron chi connectivity index (χ4n) is 8.81. The van der Waals surface area contributed by atoms with E-state index in [4.69, 9.17) is 11.6 Å². The highest BCUT2D eigenvalue weighted by atomic mass is 35.5. The molecule has 4 aliphatic carbocycles. The smallest absolute Gasteiger partial charge is 0.178 e. The molecule has 7 heteroatoms. The first-order chi connectivity index (χ1) is 15.7. The molecule has 0 aliphatic heterocycles. The van der Waals surface area contributed by atoms with Crippen LogP contribution in [0, 0.1) is 40.9 Å². The van der Waals surface area contributed by atoms with Gasteiger partial charge in [-0.25, -0.2) is 9.67 Å². The van der Waals surface area contributed by atoms with Gasteiger partial charge in [-0.15, -0.1) is 5.10 Å². The van der Waals surface area contributed by atoms with Crippen molar-refractivity contribution < 1.29 is 9.90 Å². The zero-order valence-electron chi connectivity index (χ0n) is 19.7. The number of hydrogen-bond acceptors (Lipinski definition) is 5. The van der Waals surface area contributed by atoms with E-state index in [0.29, 0.717) is 28.0 Å². The Morgan fingerprint density at radius 3 is 2.79 bits per heavy atom. The second kappa shape index (κ2) is 7.74. The maximum atomic E-state index is 13.6. The molecule has 33 heavy (non-hydrogen) atoms. The molecule has 4 aliphatic rings. The van der Waals surface area contributed by atoms with Crippen LogP contribution >= 0.6 is 11.6 Å². The van der Waals surface area contributed by atoms with Crippen molar-refractivity contribution in [2.24, 2.45) is 40.9 Å². The third-order valence-corrected chi connectivity index (χ3v) is 10.5. The molecule has 0 bridgehead atoms. The van der Waals surface area contributed by atoms with Crippen molar-refractivity contribution in [3.8, 4) is 0 Å². The van der Waals surface area contributed by atoms with Crippen molar-refractivity contribution in [2.45, 2.75) is 83.8 Å². The summed E-state index contributed by atoms with van der Waals surface area (Å²) < 4.78 is 1.65. The summed E-state index contributed by atoms with van der Waals surface area (Å²) in [5.41, 5.74) is 0.892. The molecule has 178 valence electrons. The predicted molar refractivity (Wildman–Crippen MR) is 127 cm³/mol. The van der Waals surface area contributed by atoms with E-state index in [2.05, 4.69) is 22.2 Å². The van der Waals surface area contributed by atoms with Crippen molar-refractivity contribution in [1.29, 1.82) is 0 Å². The summed E-state index contributed by atoms with van der Waals surface area (Å²) in [6.45, 7) is 4.67. The zero-order chi connectivity index (χ0) is 23.0. The summed E-state index contributed by atoms with van der Waals surface area (Å²) in [6.07, 6.45) is 11.8. The quantitative estimate of drug-likeness (QED) is 0.677. The van der Waals surface area contributed by atoms with Crippen molar-refractivity contribution in [3.05, 3.63) is 17.3 Å². The van der Waals surface area contributed by atoms with Gasteiger partial charge >= 0.3 is 0 Å². The zero-order valence-corrected chi connectivity index (χ0v) is 20.5. The number of ketones is 1. The highest BCUT2D eigenvalue weighted by molar-refractivity contribution is 6.31. The number of nitrogens with zero attached hydrogens (tertiary/aromatic N) is 4. The summed E-state index contributed by atoms with van der Waals surface area (Å²) >= 11 is 6.03. The number of Topliss-reactive ketones (excluding diaryl/α,β-unsaturated/α-hetero) is 1. The second-order valence-corrected chi connectivity index (χ2v) is 12.5. The summed E-state index contributed by atoms with van der Waals surface area (Å²) in [5.74, 6) is 4.05. The lowest BCUT2D eigenvalue weighted by molar-refractivity contribution is -0.133. The SMILES string of the molecule is CC1(O)CCC2C(CCC3C2CCC2(C)C(C(=O)Cn4nnc5cc(Cl)cnc54)CCC32)C1. The van der Waals surface area contributed by atoms with E-state index >= 15 is 0 Å². The molecule has 2 aromatic rings. The Balaban J connectivity index is 1.19. The van der Waals surface area contributed by atoms with Crippen molar-refractivity contribution in [2.75, 3.05) is 0 Å². The lowest BCUT2D eigenvalue weighted by Gasteiger charge is -2.56. The van der Waals surface area contributed by atoms with E-state index in [1.165, 1.54) is 32.1 Å². The van der Waals surface area contributed by atoms with Crippen LogP contribution in [-0.4, -0.2) is 36.5 Å². The van der Waals surface area contributed by atoms with Gasteiger partial charge in [-0.05, 0) is 106 Å². The average Bonchev–Trinajstić information content (AvgIpc) is 3.32. The first kappa shape index (κ1) is 22.0. The minimum Gasteiger partial charge on any atom is -0.390 e. The van der Waals surface area contributed by atoms with Gasteiger partial charge in [0.1, 0.15) is 12.1 Å². The normalized spacial score (nSPS) is 42.5. The minimum atomic E-state index is -0.465. The molecule has 8 atom stereocenters. The highest BCUT2D eigenvalue weighted by Crippen LogP contribution is 2.64. The van der Waals surface area contributed by atoms with E-state index in [1.807, 2.05) is 6.92 Å². The van der Waals surface area contributed by atoms with E-state index in [-0.39, 0.29) is 23.7 Å².